The number of piperazine rings is 1. The van der Waals surface area contributed by atoms with Crippen LogP contribution in [0.4, 0.5) is 11.8 Å². The number of nitrogens with zero attached hydrogens (tertiary/aromatic N) is 6. The molecule has 0 unspecified atom stereocenters. The van der Waals surface area contributed by atoms with E-state index in [0.29, 0.717) is 12.1 Å². The first kappa shape index (κ1) is 18.9. The van der Waals surface area contributed by atoms with Crippen molar-refractivity contribution in [1.29, 1.82) is 0 Å². The normalized spacial score (nSPS) is 14.0. The lowest BCUT2D eigenvalue weighted by atomic mass is 10.2. The molecule has 1 saturated heterocycles. The molecule has 2 aromatic heterocycles. The van der Waals surface area contributed by atoms with Crippen LogP contribution in [0.3, 0.4) is 0 Å². The average molecular weight is 388 g/mol. The van der Waals surface area contributed by atoms with Gasteiger partial charge in [0, 0.05) is 58.4 Å². The highest BCUT2D eigenvalue weighted by Gasteiger charge is 2.20. The number of anilines is 2. The highest BCUT2D eigenvalue weighted by molar-refractivity contribution is 5.93. The van der Waals surface area contributed by atoms with Crippen LogP contribution >= 0.6 is 0 Å². The Labute approximate surface area is 170 Å². The second-order valence-corrected chi connectivity index (χ2v) is 7.07. The van der Waals surface area contributed by atoms with Gasteiger partial charge in [-0.15, -0.1) is 0 Å². The molecule has 29 heavy (non-hydrogen) atoms. The molecule has 0 atom stereocenters. The van der Waals surface area contributed by atoms with Crippen LogP contribution in [0.5, 0.6) is 0 Å². The van der Waals surface area contributed by atoms with Gasteiger partial charge in [0.1, 0.15) is 5.82 Å². The first-order valence-corrected chi connectivity index (χ1v) is 9.73. The standard InChI is InChI=1S/C22H24N6O/c1-26(17-18-6-3-2-4-7-18)21(29)19-8-9-20(25-16-19)27-12-14-28(15-13-27)22-23-10-5-11-24-22/h2-11,16H,12-15,17H2,1H3. The molecule has 1 aromatic carbocycles. The number of carbonyl (C=O) groups is 1. The fourth-order valence-electron chi connectivity index (χ4n) is 3.44. The van der Waals surface area contributed by atoms with Crippen LogP contribution in [0, 0.1) is 0 Å². The molecular weight excluding hydrogens is 364 g/mol. The first-order valence-electron chi connectivity index (χ1n) is 9.73. The lowest BCUT2D eigenvalue weighted by Crippen LogP contribution is -2.47. The number of rotatable bonds is 5. The highest BCUT2D eigenvalue weighted by atomic mass is 16.2. The molecule has 0 spiro atoms. The first-order chi connectivity index (χ1) is 14.2. The van der Waals surface area contributed by atoms with Crippen LogP contribution in [0.25, 0.3) is 0 Å². The second-order valence-electron chi connectivity index (χ2n) is 7.07. The van der Waals surface area contributed by atoms with Crippen molar-refractivity contribution in [3.63, 3.8) is 0 Å². The minimum atomic E-state index is -0.0288. The van der Waals surface area contributed by atoms with E-state index in [1.54, 1.807) is 23.5 Å². The monoisotopic (exact) mass is 388 g/mol. The van der Waals surface area contributed by atoms with Gasteiger partial charge >= 0.3 is 0 Å². The molecule has 148 valence electrons. The summed E-state index contributed by atoms with van der Waals surface area (Å²) in [5.41, 5.74) is 1.71. The number of carbonyl (C=O) groups excluding carboxylic acids is 1. The minimum absolute atomic E-state index is 0.0288. The summed E-state index contributed by atoms with van der Waals surface area (Å²) >= 11 is 0. The van der Waals surface area contributed by atoms with Gasteiger partial charge in [0.25, 0.3) is 5.91 Å². The van der Waals surface area contributed by atoms with E-state index in [1.807, 2.05) is 55.6 Å². The molecule has 1 aliphatic heterocycles. The summed E-state index contributed by atoms with van der Waals surface area (Å²) in [6, 6.07) is 15.6. The van der Waals surface area contributed by atoms with E-state index in [-0.39, 0.29) is 5.91 Å². The number of hydrogen-bond acceptors (Lipinski definition) is 6. The predicted molar refractivity (Wildman–Crippen MR) is 113 cm³/mol. The molecule has 0 saturated carbocycles. The molecule has 0 N–H and O–H groups in total. The van der Waals surface area contributed by atoms with Crippen molar-refractivity contribution in [3.05, 3.63) is 78.2 Å². The lowest BCUT2D eigenvalue weighted by molar-refractivity contribution is 0.0784. The van der Waals surface area contributed by atoms with Crippen molar-refractivity contribution in [1.82, 2.24) is 19.9 Å². The van der Waals surface area contributed by atoms with E-state index in [0.717, 1.165) is 43.5 Å². The SMILES string of the molecule is CN(Cc1ccccc1)C(=O)c1ccc(N2CCN(c3ncccn3)CC2)nc1. The van der Waals surface area contributed by atoms with E-state index < -0.39 is 0 Å². The maximum Gasteiger partial charge on any atom is 0.255 e. The summed E-state index contributed by atoms with van der Waals surface area (Å²) in [6.45, 7) is 3.93. The number of benzene rings is 1. The summed E-state index contributed by atoms with van der Waals surface area (Å²) in [6.07, 6.45) is 5.20. The minimum Gasteiger partial charge on any atom is -0.353 e. The highest BCUT2D eigenvalue weighted by Crippen LogP contribution is 2.17. The molecule has 7 nitrogen and oxygen atoms in total. The summed E-state index contributed by atoms with van der Waals surface area (Å²) < 4.78 is 0. The summed E-state index contributed by atoms with van der Waals surface area (Å²) in [4.78, 5) is 32.0. The van der Waals surface area contributed by atoms with E-state index in [4.69, 9.17) is 0 Å². The zero-order valence-corrected chi connectivity index (χ0v) is 16.5. The van der Waals surface area contributed by atoms with Gasteiger partial charge in [-0.2, -0.15) is 0 Å². The van der Waals surface area contributed by atoms with Crippen molar-refractivity contribution in [2.75, 3.05) is 43.0 Å². The smallest absolute Gasteiger partial charge is 0.255 e. The molecule has 7 heteroatoms. The second kappa shape index (κ2) is 8.68. The van der Waals surface area contributed by atoms with E-state index in [2.05, 4.69) is 24.8 Å². The van der Waals surface area contributed by atoms with Crippen molar-refractivity contribution in [2.45, 2.75) is 6.54 Å². The van der Waals surface area contributed by atoms with Crippen LogP contribution in [-0.2, 0) is 6.54 Å². The third-order valence-electron chi connectivity index (χ3n) is 5.04. The molecule has 3 aromatic rings. The molecule has 0 aliphatic carbocycles. The Bertz CT molecular complexity index is 925. The van der Waals surface area contributed by atoms with Crippen molar-refractivity contribution < 1.29 is 4.79 Å². The van der Waals surface area contributed by atoms with Crippen LogP contribution in [-0.4, -0.2) is 59.0 Å². The summed E-state index contributed by atoms with van der Waals surface area (Å²) in [5.74, 6) is 1.63. The number of aromatic nitrogens is 3. The molecule has 1 amide bonds. The molecule has 0 radical (unpaired) electrons. The van der Waals surface area contributed by atoms with Gasteiger partial charge < -0.3 is 14.7 Å². The fraction of sp³-hybridized carbons (Fsp3) is 0.273. The predicted octanol–water partition coefficient (Wildman–Crippen LogP) is 2.47. The fourth-order valence-corrected chi connectivity index (χ4v) is 3.44. The van der Waals surface area contributed by atoms with Gasteiger partial charge in [-0.25, -0.2) is 15.0 Å². The van der Waals surface area contributed by atoms with Crippen molar-refractivity contribution in [3.8, 4) is 0 Å². The molecule has 4 rings (SSSR count). The lowest BCUT2D eigenvalue weighted by Gasteiger charge is -2.35. The third kappa shape index (κ3) is 4.51. The zero-order chi connectivity index (χ0) is 20.1. The van der Waals surface area contributed by atoms with E-state index in [9.17, 15) is 4.79 Å². The Morgan fingerprint density at radius 3 is 2.24 bits per heavy atom. The largest absolute Gasteiger partial charge is 0.353 e. The summed E-state index contributed by atoms with van der Waals surface area (Å²) in [7, 11) is 1.81. The van der Waals surface area contributed by atoms with Gasteiger partial charge in [0.05, 0.1) is 5.56 Å². The molecule has 0 bridgehead atoms. The Morgan fingerprint density at radius 1 is 0.897 bits per heavy atom. The number of hydrogen-bond donors (Lipinski definition) is 0. The van der Waals surface area contributed by atoms with Crippen LogP contribution in [0.1, 0.15) is 15.9 Å². The molecule has 1 aliphatic rings. The topological polar surface area (TPSA) is 65.5 Å². The number of amides is 1. The van der Waals surface area contributed by atoms with E-state index in [1.165, 1.54) is 0 Å². The Hall–Kier alpha value is -3.48. The van der Waals surface area contributed by atoms with Gasteiger partial charge in [0.15, 0.2) is 0 Å². The van der Waals surface area contributed by atoms with Crippen LogP contribution in [0.15, 0.2) is 67.1 Å². The van der Waals surface area contributed by atoms with Gasteiger partial charge in [0.2, 0.25) is 5.95 Å². The average Bonchev–Trinajstić information content (AvgIpc) is 2.80. The maximum atomic E-state index is 12.7. The Morgan fingerprint density at radius 2 is 1.59 bits per heavy atom. The van der Waals surface area contributed by atoms with Gasteiger partial charge in [-0.05, 0) is 23.8 Å². The molecule has 3 heterocycles. The number of pyridine rings is 1. The van der Waals surface area contributed by atoms with Crippen molar-refractivity contribution >= 4 is 17.7 Å². The molecule has 1 fully saturated rings. The summed E-state index contributed by atoms with van der Waals surface area (Å²) in [5, 5.41) is 0. The van der Waals surface area contributed by atoms with E-state index >= 15 is 0 Å². The quantitative estimate of drug-likeness (QED) is 0.669. The van der Waals surface area contributed by atoms with Gasteiger partial charge in [-0.3, -0.25) is 4.79 Å². The zero-order valence-electron chi connectivity index (χ0n) is 16.5. The van der Waals surface area contributed by atoms with Crippen LogP contribution in [0.2, 0.25) is 0 Å². The third-order valence-corrected chi connectivity index (χ3v) is 5.04. The maximum absolute atomic E-state index is 12.7. The Balaban J connectivity index is 1.35. The Kier molecular flexibility index (Phi) is 5.65. The van der Waals surface area contributed by atoms with Crippen molar-refractivity contribution in [2.24, 2.45) is 0 Å². The molecular formula is C22H24N6O. The van der Waals surface area contributed by atoms with Gasteiger partial charge in [-0.1, -0.05) is 30.3 Å². The van der Waals surface area contributed by atoms with Crippen LogP contribution < -0.4 is 9.80 Å².